The average Bonchev–Trinajstić information content (AvgIpc) is 3.28. The topological polar surface area (TPSA) is 90.6 Å². The fourth-order valence-corrected chi connectivity index (χ4v) is 5.26. The zero-order valence-electron chi connectivity index (χ0n) is 21.8. The Kier molecular flexibility index (Phi) is 9.29. The van der Waals surface area contributed by atoms with Crippen molar-refractivity contribution in [3.05, 3.63) is 95.6 Å². The lowest BCUT2D eigenvalue weighted by molar-refractivity contribution is -0.141. The predicted octanol–water partition coefficient (Wildman–Crippen LogP) is 5.45. The van der Waals surface area contributed by atoms with Crippen molar-refractivity contribution in [2.24, 2.45) is 5.92 Å². The van der Waals surface area contributed by atoms with Crippen LogP contribution in [0.1, 0.15) is 54.9 Å². The number of ether oxygens (including phenoxy) is 1. The summed E-state index contributed by atoms with van der Waals surface area (Å²) in [5, 5.41) is 20.4. The highest BCUT2D eigenvalue weighted by atomic mass is 16.5. The molecule has 3 atom stereocenters. The van der Waals surface area contributed by atoms with Crippen LogP contribution in [-0.4, -0.2) is 41.6 Å². The number of carbonyl (C=O) groups excluding carboxylic acids is 2. The lowest BCUT2D eigenvalue weighted by Gasteiger charge is -2.29. The van der Waals surface area contributed by atoms with E-state index in [2.05, 4.69) is 18.2 Å². The normalized spacial score (nSPS) is 17.7. The lowest BCUT2D eigenvalue weighted by Crippen LogP contribution is -2.38. The van der Waals surface area contributed by atoms with Gasteiger partial charge in [0.2, 0.25) is 5.91 Å². The van der Waals surface area contributed by atoms with E-state index in [9.17, 15) is 14.7 Å². The van der Waals surface area contributed by atoms with Crippen LogP contribution in [-0.2, 0) is 20.7 Å². The van der Waals surface area contributed by atoms with E-state index in [0.717, 1.165) is 29.5 Å². The number of likely N-dealkylation sites (tertiary alicyclic amines) is 1. The number of methoxy groups -OCH3 is 1. The van der Waals surface area contributed by atoms with Crippen molar-refractivity contribution in [3.8, 4) is 17.2 Å². The first-order valence-electron chi connectivity index (χ1n) is 13.2. The molecule has 6 heteroatoms. The molecular weight excluding hydrogens is 476 g/mol. The lowest BCUT2D eigenvalue weighted by atomic mass is 9.93. The van der Waals surface area contributed by atoms with Crippen LogP contribution in [0, 0.1) is 17.2 Å². The molecular formula is C32H34N2O4. The summed E-state index contributed by atoms with van der Waals surface area (Å²) >= 11 is 0. The summed E-state index contributed by atoms with van der Waals surface area (Å²) in [6, 6.07) is 27.2. The fraction of sp³-hybridized carbons (Fsp3) is 0.344. The van der Waals surface area contributed by atoms with Gasteiger partial charge in [0.15, 0.2) is 0 Å². The van der Waals surface area contributed by atoms with Crippen molar-refractivity contribution in [2.45, 2.75) is 50.7 Å². The van der Waals surface area contributed by atoms with E-state index < -0.39 is 6.10 Å². The number of carbonyl (C=O) groups is 2. The van der Waals surface area contributed by atoms with E-state index in [-0.39, 0.29) is 30.3 Å². The maximum absolute atomic E-state index is 13.4. The van der Waals surface area contributed by atoms with Gasteiger partial charge in [0.05, 0.1) is 30.9 Å². The molecule has 0 aliphatic carbocycles. The van der Waals surface area contributed by atoms with Gasteiger partial charge in [-0.25, -0.2) is 0 Å². The second-order valence-electron chi connectivity index (χ2n) is 9.85. The SMILES string of the molecule is COC(=O)CCC[C@@H]1C[C@@H](C(O)c2ccc(-c3ccc(C#N)cc3)cc2)N(CCCc2ccccc2)C1=O. The van der Waals surface area contributed by atoms with Crippen LogP contribution in [0.3, 0.4) is 0 Å². The summed E-state index contributed by atoms with van der Waals surface area (Å²) in [5.41, 5.74) is 4.59. The number of esters is 1. The van der Waals surface area contributed by atoms with Gasteiger partial charge < -0.3 is 14.7 Å². The quantitative estimate of drug-likeness (QED) is 0.346. The van der Waals surface area contributed by atoms with Gasteiger partial charge in [-0.1, -0.05) is 66.7 Å². The second-order valence-corrected chi connectivity index (χ2v) is 9.85. The number of aryl methyl sites for hydroxylation is 1. The Balaban J connectivity index is 1.46. The van der Waals surface area contributed by atoms with Gasteiger partial charge in [0, 0.05) is 18.9 Å². The highest BCUT2D eigenvalue weighted by Crippen LogP contribution is 2.36. The van der Waals surface area contributed by atoms with E-state index in [1.54, 1.807) is 12.1 Å². The highest BCUT2D eigenvalue weighted by Gasteiger charge is 2.42. The number of nitrogens with zero attached hydrogens (tertiary/aromatic N) is 2. The number of aliphatic hydroxyl groups is 1. The molecule has 3 aromatic rings. The third kappa shape index (κ3) is 6.67. The first-order valence-corrected chi connectivity index (χ1v) is 13.2. The molecule has 1 N–H and O–H groups in total. The smallest absolute Gasteiger partial charge is 0.305 e. The third-order valence-electron chi connectivity index (χ3n) is 7.39. The molecule has 1 aliphatic rings. The van der Waals surface area contributed by atoms with Crippen molar-refractivity contribution < 1.29 is 19.4 Å². The van der Waals surface area contributed by atoms with Gasteiger partial charge in [-0.3, -0.25) is 9.59 Å². The molecule has 1 amide bonds. The predicted molar refractivity (Wildman–Crippen MR) is 146 cm³/mol. The number of benzene rings is 3. The number of rotatable bonds is 11. The molecule has 38 heavy (non-hydrogen) atoms. The van der Waals surface area contributed by atoms with Crippen LogP contribution in [0.4, 0.5) is 0 Å². The maximum atomic E-state index is 13.4. The molecule has 3 aromatic carbocycles. The van der Waals surface area contributed by atoms with E-state index >= 15 is 0 Å². The monoisotopic (exact) mass is 510 g/mol. The molecule has 0 saturated carbocycles. The van der Waals surface area contributed by atoms with Crippen LogP contribution in [0.2, 0.25) is 0 Å². The average molecular weight is 511 g/mol. The molecule has 1 unspecified atom stereocenters. The minimum atomic E-state index is -0.809. The first-order chi connectivity index (χ1) is 18.5. The summed E-state index contributed by atoms with van der Waals surface area (Å²) in [6.07, 6.45) is 2.90. The van der Waals surface area contributed by atoms with Gasteiger partial charge >= 0.3 is 5.97 Å². The number of amides is 1. The van der Waals surface area contributed by atoms with Crippen molar-refractivity contribution in [2.75, 3.05) is 13.7 Å². The van der Waals surface area contributed by atoms with E-state index in [4.69, 9.17) is 10.00 Å². The van der Waals surface area contributed by atoms with Gasteiger partial charge in [0.25, 0.3) is 0 Å². The summed E-state index contributed by atoms with van der Waals surface area (Å²) in [7, 11) is 1.37. The summed E-state index contributed by atoms with van der Waals surface area (Å²) in [5.74, 6) is -0.427. The Hall–Kier alpha value is -3.95. The third-order valence-corrected chi connectivity index (χ3v) is 7.39. The number of hydrogen-bond donors (Lipinski definition) is 1. The molecule has 4 rings (SSSR count). The molecule has 0 spiro atoms. The number of aliphatic hydroxyl groups excluding tert-OH is 1. The molecule has 6 nitrogen and oxygen atoms in total. The van der Waals surface area contributed by atoms with Crippen LogP contribution >= 0.6 is 0 Å². The molecule has 1 fully saturated rings. The van der Waals surface area contributed by atoms with Crippen molar-refractivity contribution in [1.29, 1.82) is 5.26 Å². The molecule has 0 aromatic heterocycles. The second kappa shape index (κ2) is 13.0. The Morgan fingerprint density at radius 3 is 2.32 bits per heavy atom. The first kappa shape index (κ1) is 27.1. The van der Waals surface area contributed by atoms with Crippen molar-refractivity contribution >= 4 is 11.9 Å². The molecule has 0 radical (unpaired) electrons. The van der Waals surface area contributed by atoms with Crippen molar-refractivity contribution in [1.82, 2.24) is 4.90 Å². The largest absolute Gasteiger partial charge is 0.469 e. The molecule has 1 heterocycles. The number of nitriles is 1. The van der Waals surface area contributed by atoms with E-state index in [1.165, 1.54) is 12.7 Å². The van der Waals surface area contributed by atoms with Gasteiger partial charge in [0.1, 0.15) is 0 Å². The van der Waals surface area contributed by atoms with Gasteiger partial charge in [-0.2, -0.15) is 5.26 Å². The molecule has 1 aliphatic heterocycles. The van der Waals surface area contributed by atoms with Crippen LogP contribution < -0.4 is 0 Å². The van der Waals surface area contributed by atoms with Crippen LogP contribution in [0.25, 0.3) is 11.1 Å². The van der Waals surface area contributed by atoms with E-state index in [1.807, 2.05) is 59.5 Å². The fourth-order valence-electron chi connectivity index (χ4n) is 5.26. The minimum absolute atomic E-state index is 0.0566. The summed E-state index contributed by atoms with van der Waals surface area (Å²) in [6.45, 7) is 0.576. The summed E-state index contributed by atoms with van der Waals surface area (Å²) in [4.78, 5) is 26.8. The van der Waals surface area contributed by atoms with Gasteiger partial charge in [-0.15, -0.1) is 0 Å². The molecule has 196 valence electrons. The number of hydrogen-bond acceptors (Lipinski definition) is 5. The Labute approximate surface area is 224 Å². The zero-order valence-corrected chi connectivity index (χ0v) is 21.8. The van der Waals surface area contributed by atoms with Crippen molar-refractivity contribution in [3.63, 3.8) is 0 Å². The van der Waals surface area contributed by atoms with Crippen LogP contribution in [0.5, 0.6) is 0 Å². The zero-order chi connectivity index (χ0) is 26.9. The van der Waals surface area contributed by atoms with Gasteiger partial charge in [-0.05, 0) is 66.5 Å². The summed E-state index contributed by atoms with van der Waals surface area (Å²) < 4.78 is 4.74. The van der Waals surface area contributed by atoms with E-state index in [0.29, 0.717) is 31.4 Å². The Morgan fingerprint density at radius 2 is 1.68 bits per heavy atom. The maximum Gasteiger partial charge on any atom is 0.305 e. The van der Waals surface area contributed by atoms with Crippen LogP contribution in [0.15, 0.2) is 78.9 Å². The Bertz CT molecular complexity index is 1250. The Morgan fingerprint density at radius 1 is 1.03 bits per heavy atom. The molecule has 0 bridgehead atoms. The highest BCUT2D eigenvalue weighted by molar-refractivity contribution is 5.81. The molecule has 1 saturated heterocycles. The minimum Gasteiger partial charge on any atom is -0.469 e. The standard InChI is InChI=1S/C32H34N2O4/c1-38-30(35)11-5-10-28-21-29(34(32(28)37)20-6-9-23-7-3-2-4-8-23)31(36)27-18-16-26(17-19-27)25-14-12-24(22-33)13-15-25/h2-4,7-8,12-19,28-29,31,36H,5-6,9-11,20-21H2,1H3/t28-,29+,31?/m1/s1.